The van der Waals surface area contributed by atoms with Crippen LogP contribution in [0.3, 0.4) is 0 Å². The minimum Gasteiger partial charge on any atom is -0.309 e. The molecule has 114 valence electrons. The van der Waals surface area contributed by atoms with Crippen molar-refractivity contribution in [2.45, 2.75) is 43.5 Å². The summed E-state index contributed by atoms with van der Waals surface area (Å²) in [6, 6.07) is 2.35. The van der Waals surface area contributed by atoms with Gasteiger partial charge in [0.2, 0.25) is 0 Å². The molecule has 0 spiro atoms. The topological polar surface area (TPSA) is 71.1 Å². The fourth-order valence-corrected chi connectivity index (χ4v) is 5.37. The van der Waals surface area contributed by atoms with Crippen LogP contribution in [0.25, 0.3) is 0 Å². The maximum absolute atomic E-state index is 12.4. The Hall–Kier alpha value is -0.960. The van der Waals surface area contributed by atoms with E-state index in [1.165, 1.54) is 35.5 Å². The Morgan fingerprint density at radius 1 is 1.38 bits per heavy atom. The monoisotopic (exact) mass is 343 g/mol. The van der Waals surface area contributed by atoms with Crippen LogP contribution in [0.5, 0.6) is 0 Å². The summed E-state index contributed by atoms with van der Waals surface area (Å²) in [7, 11) is -3.54. The molecule has 1 fully saturated rings. The molecule has 5 nitrogen and oxygen atoms in total. The number of aromatic nitrogens is 1. The van der Waals surface area contributed by atoms with Gasteiger partial charge in [-0.3, -0.25) is 4.72 Å². The molecule has 0 radical (unpaired) electrons. The van der Waals surface area contributed by atoms with Crippen molar-refractivity contribution in [3.63, 3.8) is 0 Å². The number of hydrogen-bond acceptors (Lipinski definition) is 6. The van der Waals surface area contributed by atoms with E-state index in [9.17, 15) is 8.42 Å². The van der Waals surface area contributed by atoms with E-state index in [2.05, 4.69) is 15.0 Å². The van der Waals surface area contributed by atoms with Crippen LogP contribution in [0.4, 0.5) is 5.13 Å². The fraction of sp³-hybridized carbons (Fsp3) is 0.462. The summed E-state index contributed by atoms with van der Waals surface area (Å²) in [5, 5.41) is 5.65. The highest BCUT2D eigenvalue weighted by atomic mass is 32.2. The quantitative estimate of drug-likeness (QED) is 0.846. The predicted octanol–water partition coefficient (Wildman–Crippen LogP) is 2.87. The summed E-state index contributed by atoms with van der Waals surface area (Å²) in [6.45, 7) is 4.53. The third-order valence-electron chi connectivity index (χ3n) is 3.23. The van der Waals surface area contributed by atoms with Gasteiger partial charge in [0.05, 0.1) is 5.69 Å². The molecule has 2 N–H and O–H groups in total. The van der Waals surface area contributed by atoms with Crippen molar-refractivity contribution in [2.24, 2.45) is 0 Å². The van der Waals surface area contributed by atoms with E-state index >= 15 is 0 Å². The van der Waals surface area contributed by atoms with E-state index in [0.29, 0.717) is 15.4 Å². The molecule has 0 saturated heterocycles. The molecule has 1 aliphatic rings. The highest BCUT2D eigenvalue weighted by Gasteiger charge is 2.23. The van der Waals surface area contributed by atoms with Crippen LogP contribution in [-0.2, 0) is 16.6 Å². The number of nitrogens with zero attached hydrogens (tertiary/aromatic N) is 1. The molecule has 2 aromatic rings. The fourth-order valence-electron chi connectivity index (χ4n) is 1.89. The first-order valence-corrected chi connectivity index (χ1v) is 9.89. The lowest BCUT2D eigenvalue weighted by Crippen LogP contribution is -2.14. The average molecular weight is 343 g/mol. The first-order valence-electron chi connectivity index (χ1n) is 6.72. The molecule has 0 amide bonds. The van der Waals surface area contributed by atoms with Crippen LogP contribution < -0.4 is 10.0 Å². The molecular formula is C13H17N3O2S3. The Bertz CT molecular complexity index is 745. The standard InChI is InChI=1S/C13H17N3O2S3/c1-8-5-12(20-11(8)6-14-10-3-4-10)21(17,18)16-13-15-9(2)7-19-13/h5,7,10,14H,3-4,6H2,1-2H3,(H,15,16). The van der Waals surface area contributed by atoms with Gasteiger partial charge in [-0.25, -0.2) is 13.4 Å². The third kappa shape index (κ3) is 3.63. The molecule has 0 aromatic carbocycles. The van der Waals surface area contributed by atoms with Crippen LogP contribution in [0.15, 0.2) is 15.7 Å². The number of thiophene rings is 1. The van der Waals surface area contributed by atoms with Gasteiger partial charge in [-0.1, -0.05) is 0 Å². The van der Waals surface area contributed by atoms with E-state index in [1.54, 1.807) is 6.07 Å². The molecule has 0 atom stereocenters. The number of rotatable bonds is 6. The third-order valence-corrected chi connectivity index (χ3v) is 7.29. The summed E-state index contributed by atoms with van der Waals surface area (Å²) in [6.07, 6.45) is 2.45. The van der Waals surface area contributed by atoms with Crippen molar-refractivity contribution in [3.05, 3.63) is 27.6 Å². The molecule has 1 saturated carbocycles. The van der Waals surface area contributed by atoms with E-state index in [0.717, 1.165) is 22.7 Å². The van der Waals surface area contributed by atoms with E-state index in [4.69, 9.17) is 0 Å². The smallest absolute Gasteiger partial charge is 0.273 e. The summed E-state index contributed by atoms with van der Waals surface area (Å²) >= 11 is 2.62. The molecule has 0 aliphatic heterocycles. The number of nitrogens with one attached hydrogen (secondary N) is 2. The zero-order valence-corrected chi connectivity index (χ0v) is 14.3. The molecule has 0 bridgehead atoms. The van der Waals surface area contributed by atoms with E-state index in [-0.39, 0.29) is 0 Å². The zero-order chi connectivity index (χ0) is 15.0. The molecular weight excluding hydrogens is 326 g/mol. The van der Waals surface area contributed by atoms with Crippen LogP contribution in [-0.4, -0.2) is 19.4 Å². The number of hydrogen-bond donors (Lipinski definition) is 2. The number of aryl methyl sites for hydroxylation is 2. The van der Waals surface area contributed by atoms with Crippen LogP contribution in [0, 0.1) is 13.8 Å². The Balaban J connectivity index is 1.76. The van der Waals surface area contributed by atoms with Crippen molar-refractivity contribution >= 4 is 37.8 Å². The number of sulfonamides is 1. The van der Waals surface area contributed by atoms with Gasteiger partial charge in [-0.05, 0) is 38.3 Å². The highest BCUT2D eigenvalue weighted by molar-refractivity contribution is 7.94. The van der Waals surface area contributed by atoms with Gasteiger partial charge in [0.25, 0.3) is 10.0 Å². The van der Waals surface area contributed by atoms with E-state index < -0.39 is 10.0 Å². The van der Waals surface area contributed by atoms with Crippen LogP contribution >= 0.6 is 22.7 Å². The van der Waals surface area contributed by atoms with Gasteiger partial charge in [-0.2, -0.15) is 0 Å². The normalized spacial score (nSPS) is 15.3. The summed E-state index contributed by atoms with van der Waals surface area (Å²) in [5.74, 6) is 0. The van der Waals surface area contributed by atoms with Crippen molar-refractivity contribution in [3.8, 4) is 0 Å². The lowest BCUT2D eigenvalue weighted by Gasteiger charge is -2.02. The Morgan fingerprint density at radius 2 is 2.14 bits per heavy atom. The molecule has 1 aliphatic carbocycles. The van der Waals surface area contributed by atoms with Crippen molar-refractivity contribution in [1.82, 2.24) is 10.3 Å². The SMILES string of the molecule is Cc1csc(NS(=O)(=O)c2cc(C)c(CNC3CC3)s2)n1. The molecule has 0 unspecified atom stereocenters. The summed E-state index contributed by atoms with van der Waals surface area (Å²) in [4.78, 5) is 5.22. The van der Waals surface area contributed by atoms with E-state index in [1.807, 2.05) is 19.2 Å². The lowest BCUT2D eigenvalue weighted by atomic mass is 10.3. The van der Waals surface area contributed by atoms with Gasteiger partial charge < -0.3 is 5.32 Å². The first-order chi connectivity index (χ1) is 9.94. The molecule has 3 rings (SSSR count). The second kappa shape index (κ2) is 5.68. The Kier molecular flexibility index (Phi) is 4.04. The first kappa shape index (κ1) is 15.0. The molecule has 21 heavy (non-hydrogen) atoms. The Morgan fingerprint density at radius 3 is 2.76 bits per heavy atom. The number of anilines is 1. The minimum atomic E-state index is -3.54. The summed E-state index contributed by atoms with van der Waals surface area (Å²) in [5.41, 5.74) is 1.83. The van der Waals surface area contributed by atoms with Gasteiger partial charge in [-0.15, -0.1) is 22.7 Å². The molecule has 8 heteroatoms. The van der Waals surface area contributed by atoms with Crippen LogP contribution in [0.1, 0.15) is 29.0 Å². The van der Waals surface area contributed by atoms with Crippen molar-refractivity contribution in [2.75, 3.05) is 4.72 Å². The highest BCUT2D eigenvalue weighted by Crippen LogP contribution is 2.29. The average Bonchev–Trinajstić information content (AvgIpc) is 3.04. The predicted molar refractivity (Wildman–Crippen MR) is 86.6 cm³/mol. The largest absolute Gasteiger partial charge is 0.309 e. The second-order valence-electron chi connectivity index (χ2n) is 5.23. The van der Waals surface area contributed by atoms with Gasteiger partial charge in [0.1, 0.15) is 4.21 Å². The second-order valence-corrected chi connectivity index (χ2v) is 9.13. The van der Waals surface area contributed by atoms with Gasteiger partial charge >= 0.3 is 0 Å². The molecule has 2 heterocycles. The zero-order valence-electron chi connectivity index (χ0n) is 11.8. The summed E-state index contributed by atoms with van der Waals surface area (Å²) < 4.78 is 27.6. The lowest BCUT2D eigenvalue weighted by molar-refractivity contribution is 0.603. The van der Waals surface area contributed by atoms with Gasteiger partial charge in [0.15, 0.2) is 5.13 Å². The van der Waals surface area contributed by atoms with Crippen molar-refractivity contribution in [1.29, 1.82) is 0 Å². The maximum Gasteiger partial charge on any atom is 0.273 e. The maximum atomic E-state index is 12.4. The Labute approximate surface area is 132 Å². The van der Waals surface area contributed by atoms with Gasteiger partial charge in [0, 0.05) is 22.8 Å². The van der Waals surface area contributed by atoms with Crippen molar-refractivity contribution < 1.29 is 8.42 Å². The minimum absolute atomic E-state index is 0.348. The number of thiazole rings is 1. The van der Waals surface area contributed by atoms with Crippen LogP contribution in [0.2, 0.25) is 0 Å². The molecule has 2 aromatic heterocycles.